The Balaban J connectivity index is 1.77. The highest BCUT2D eigenvalue weighted by molar-refractivity contribution is 6.30. The van der Waals surface area contributed by atoms with E-state index in [0.717, 1.165) is 5.56 Å². The quantitative estimate of drug-likeness (QED) is 0.586. The topological polar surface area (TPSA) is 49.8 Å². The van der Waals surface area contributed by atoms with Gasteiger partial charge in [0.2, 0.25) is 0 Å². The molecule has 152 valence electrons. The van der Waals surface area contributed by atoms with Crippen LogP contribution >= 0.6 is 11.6 Å². The number of carbonyl (C=O) groups is 1. The van der Waals surface area contributed by atoms with Crippen LogP contribution in [0.5, 0.6) is 5.75 Å². The van der Waals surface area contributed by atoms with Gasteiger partial charge in [0, 0.05) is 17.1 Å². The van der Waals surface area contributed by atoms with E-state index in [1.165, 1.54) is 12.1 Å². The summed E-state index contributed by atoms with van der Waals surface area (Å²) in [6, 6.07) is 19.7. The van der Waals surface area contributed by atoms with Gasteiger partial charge >= 0.3 is 0 Å². The van der Waals surface area contributed by atoms with Crippen LogP contribution in [0.3, 0.4) is 0 Å². The lowest BCUT2D eigenvalue weighted by Crippen LogP contribution is -2.29. The molecular formula is C24H19ClFNO3. The number of hydrogen-bond acceptors (Lipinski definition) is 3. The van der Waals surface area contributed by atoms with Crippen molar-refractivity contribution in [3.05, 3.63) is 106 Å². The van der Waals surface area contributed by atoms with Crippen molar-refractivity contribution in [2.75, 3.05) is 7.11 Å². The fraction of sp³-hybridized carbons (Fsp3) is 0.125. The van der Waals surface area contributed by atoms with Gasteiger partial charge in [-0.15, -0.1) is 0 Å². The molecule has 4 rings (SSSR count). The number of nitrogens with zero attached hydrogens (tertiary/aromatic N) is 1. The van der Waals surface area contributed by atoms with Crippen molar-refractivity contribution in [1.29, 1.82) is 0 Å². The molecule has 1 atom stereocenters. The first-order valence-corrected chi connectivity index (χ1v) is 9.74. The van der Waals surface area contributed by atoms with Gasteiger partial charge in [-0.25, -0.2) is 4.39 Å². The molecule has 0 saturated heterocycles. The van der Waals surface area contributed by atoms with Gasteiger partial charge in [-0.1, -0.05) is 48.0 Å². The third-order valence-electron chi connectivity index (χ3n) is 5.16. The Morgan fingerprint density at radius 2 is 1.63 bits per heavy atom. The van der Waals surface area contributed by atoms with Gasteiger partial charge in [-0.2, -0.15) is 0 Å². The molecule has 6 heteroatoms. The van der Waals surface area contributed by atoms with Crippen LogP contribution < -0.4 is 4.74 Å². The van der Waals surface area contributed by atoms with E-state index in [0.29, 0.717) is 27.5 Å². The summed E-state index contributed by atoms with van der Waals surface area (Å²) in [6.07, 6.45) is 0. The van der Waals surface area contributed by atoms with Crippen LogP contribution in [0.2, 0.25) is 5.02 Å². The molecule has 0 fully saturated rings. The van der Waals surface area contributed by atoms with Crippen molar-refractivity contribution in [2.45, 2.75) is 12.6 Å². The minimum absolute atomic E-state index is 0.270. The minimum Gasteiger partial charge on any atom is -0.503 e. The van der Waals surface area contributed by atoms with Crippen LogP contribution in [-0.2, 0) is 11.3 Å². The number of methoxy groups -OCH3 is 1. The van der Waals surface area contributed by atoms with Crippen molar-refractivity contribution in [1.82, 2.24) is 4.90 Å². The molecule has 3 aromatic carbocycles. The van der Waals surface area contributed by atoms with Gasteiger partial charge < -0.3 is 14.7 Å². The lowest BCUT2D eigenvalue weighted by Gasteiger charge is -2.27. The highest BCUT2D eigenvalue weighted by Crippen LogP contribution is 2.44. The summed E-state index contributed by atoms with van der Waals surface area (Å²) in [5.41, 5.74) is 2.72. The molecule has 0 bridgehead atoms. The Labute approximate surface area is 178 Å². The van der Waals surface area contributed by atoms with E-state index in [1.807, 2.05) is 24.3 Å². The number of aliphatic hydroxyl groups is 1. The largest absolute Gasteiger partial charge is 0.503 e. The molecule has 3 aromatic rings. The van der Waals surface area contributed by atoms with E-state index >= 15 is 0 Å². The fourth-order valence-corrected chi connectivity index (χ4v) is 3.79. The van der Waals surface area contributed by atoms with Crippen molar-refractivity contribution >= 4 is 23.1 Å². The van der Waals surface area contributed by atoms with Crippen LogP contribution in [0.4, 0.5) is 4.39 Å². The fourth-order valence-electron chi connectivity index (χ4n) is 3.66. The predicted molar refractivity (Wildman–Crippen MR) is 114 cm³/mol. The summed E-state index contributed by atoms with van der Waals surface area (Å²) in [4.78, 5) is 14.6. The molecule has 4 nitrogen and oxygen atoms in total. The second-order valence-corrected chi connectivity index (χ2v) is 7.44. The average molecular weight is 424 g/mol. The Hall–Kier alpha value is -3.31. The molecule has 1 N–H and O–H groups in total. The zero-order valence-corrected chi connectivity index (χ0v) is 16.9. The maximum Gasteiger partial charge on any atom is 0.290 e. The zero-order chi connectivity index (χ0) is 21.3. The van der Waals surface area contributed by atoms with Crippen molar-refractivity contribution in [3.63, 3.8) is 0 Å². The van der Waals surface area contributed by atoms with Gasteiger partial charge in [-0.05, 0) is 53.1 Å². The molecule has 1 amide bonds. The lowest BCUT2D eigenvalue weighted by molar-refractivity contribution is -0.130. The smallest absolute Gasteiger partial charge is 0.290 e. The van der Waals surface area contributed by atoms with Crippen LogP contribution in [0.1, 0.15) is 22.7 Å². The average Bonchev–Trinajstić information content (AvgIpc) is 3.00. The van der Waals surface area contributed by atoms with Crippen LogP contribution in [0.15, 0.2) is 78.6 Å². The van der Waals surface area contributed by atoms with Crippen LogP contribution in [0.25, 0.3) is 5.57 Å². The first kappa shape index (κ1) is 20.0. The molecule has 0 aliphatic carbocycles. The Morgan fingerprint density at radius 1 is 1.00 bits per heavy atom. The lowest BCUT2D eigenvalue weighted by atomic mass is 9.93. The predicted octanol–water partition coefficient (Wildman–Crippen LogP) is 5.54. The van der Waals surface area contributed by atoms with Crippen LogP contribution in [0, 0.1) is 5.82 Å². The first-order chi connectivity index (χ1) is 14.5. The van der Waals surface area contributed by atoms with E-state index in [2.05, 4.69) is 0 Å². The second-order valence-electron chi connectivity index (χ2n) is 7.00. The van der Waals surface area contributed by atoms with E-state index in [1.54, 1.807) is 48.4 Å². The maximum atomic E-state index is 13.5. The van der Waals surface area contributed by atoms with Crippen molar-refractivity contribution in [3.8, 4) is 5.75 Å². The molecule has 0 spiro atoms. The summed E-state index contributed by atoms with van der Waals surface area (Å²) >= 11 is 6.01. The number of aliphatic hydroxyl groups excluding tert-OH is 1. The summed E-state index contributed by atoms with van der Waals surface area (Å²) in [5.74, 6) is -0.458. The molecule has 0 unspecified atom stereocenters. The van der Waals surface area contributed by atoms with Gasteiger partial charge in [0.1, 0.15) is 11.6 Å². The minimum atomic E-state index is -0.568. The number of halogens is 2. The Kier molecular flexibility index (Phi) is 5.46. The number of carbonyl (C=O) groups excluding carboxylic acids is 1. The summed E-state index contributed by atoms with van der Waals surface area (Å²) in [7, 11) is 1.59. The van der Waals surface area contributed by atoms with Gasteiger partial charge in [0.05, 0.1) is 13.2 Å². The molecule has 1 heterocycles. The monoisotopic (exact) mass is 423 g/mol. The first-order valence-electron chi connectivity index (χ1n) is 9.36. The molecule has 1 aliphatic heterocycles. The number of benzene rings is 3. The number of rotatable bonds is 5. The molecular weight excluding hydrogens is 405 g/mol. The van der Waals surface area contributed by atoms with E-state index in [4.69, 9.17) is 16.3 Å². The van der Waals surface area contributed by atoms with Crippen molar-refractivity contribution < 1.29 is 19.0 Å². The number of hydrogen-bond donors (Lipinski definition) is 1. The van der Waals surface area contributed by atoms with E-state index < -0.39 is 11.9 Å². The molecule has 30 heavy (non-hydrogen) atoms. The summed E-state index contributed by atoms with van der Waals surface area (Å²) in [6.45, 7) is 0.270. The Bertz CT molecular complexity index is 1090. The maximum absolute atomic E-state index is 13.5. The molecule has 0 radical (unpaired) electrons. The highest BCUT2D eigenvalue weighted by atomic mass is 35.5. The highest BCUT2D eigenvalue weighted by Gasteiger charge is 2.41. The van der Waals surface area contributed by atoms with Crippen LogP contribution in [-0.4, -0.2) is 23.0 Å². The van der Waals surface area contributed by atoms with Gasteiger partial charge in [0.15, 0.2) is 5.76 Å². The van der Waals surface area contributed by atoms with E-state index in [9.17, 15) is 14.3 Å². The SMILES string of the molecule is COc1ccc(CN2C(=O)C(O)=C(c3ccc(Cl)cc3)[C@@H]2c2ccc(F)cc2)cc1. The summed E-state index contributed by atoms with van der Waals surface area (Å²) < 4.78 is 18.7. The summed E-state index contributed by atoms with van der Waals surface area (Å²) in [5, 5.41) is 11.3. The second kappa shape index (κ2) is 8.20. The number of amides is 1. The van der Waals surface area contributed by atoms with Gasteiger partial charge in [-0.3, -0.25) is 4.79 Å². The van der Waals surface area contributed by atoms with Crippen molar-refractivity contribution in [2.24, 2.45) is 0 Å². The Morgan fingerprint density at radius 3 is 2.23 bits per heavy atom. The zero-order valence-electron chi connectivity index (χ0n) is 16.2. The molecule has 0 saturated carbocycles. The third kappa shape index (κ3) is 3.76. The third-order valence-corrected chi connectivity index (χ3v) is 5.41. The molecule has 1 aliphatic rings. The van der Waals surface area contributed by atoms with E-state index in [-0.39, 0.29) is 18.1 Å². The standard InChI is InChI=1S/C24H19ClFNO3/c1-30-20-12-2-15(3-13-20)14-27-22(17-6-10-19(26)11-7-17)21(23(28)24(27)29)16-4-8-18(25)9-5-16/h2-13,22,28H,14H2,1H3/t22-/m0/s1. The normalized spacial score (nSPS) is 16.3. The molecule has 0 aromatic heterocycles. The number of ether oxygens (including phenoxy) is 1. The van der Waals surface area contributed by atoms with Gasteiger partial charge in [0.25, 0.3) is 5.91 Å².